The van der Waals surface area contributed by atoms with Crippen LogP contribution >= 0.6 is 0 Å². The number of amides is 1. The Balaban J connectivity index is 2.02. The molecule has 0 saturated carbocycles. The second-order valence-electron chi connectivity index (χ2n) is 5.32. The molecule has 0 aliphatic heterocycles. The lowest BCUT2D eigenvalue weighted by Crippen LogP contribution is -2.30. The number of anilines is 2. The Morgan fingerprint density at radius 2 is 2.05 bits per heavy atom. The van der Waals surface area contributed by atoms with Crippen LogP contribution in [0.3, 0.4) is 0 Å². The highest BCUT2D eigenvalue weighted by Crippen LogP contribution is 2.19. The third-order valence-corrected chi connectivity index (χ3v) is 3.50. The monoisotopic (exact) mass is 298 g/mol. The first-order valence-corrected chi connectivity index (χ1v) is 7.42. The minimum absolute atomic E-state index is 0.185. The molecular formula is C18H22N2O2. The van der Waals surface area contributed by atoms with Gasteiger partial charge in [0.2, 0.25) is 0 Å². The molecule has 0 saturated heterocycles. The van der Waals surface area contributed by atoms with E-state index in [4.69, 9.17) is 10.5 Å². The average Bonchev–Trinajstić information content (AvgIpc) is 2.50. The van der Waals surface area contributed by atoms with E-state index in [0.717, 1.165) is 17.7 Å². The van der Waals surface area contributed by atoms with Gasteiger partial charge in [0.15, 0.2) is 6.10 Å². The minimum atomic E-state index is -0.580. The van der Waals surface area contributed by atoms with E-state index in [1.807, 2.05) is 37.3 Å². The molecule has 0 heterocycles. The zero-order valence-electron chi connectivity index (χ0n) is 13.2. The predicted molar refractivity (Wildman–Crippen MR) is 90.1 cm³/mol. The van der Waals surface area contributed by atoms with E-state index in [9.17, 15) is 4.79 Å². The highest BCUT2D eigenvalue weighted by atomic mass is 16.5. The van der Waals surface area contributed by atoms with Gasteiger partial charge in [-0.3, -0.25) is 4.79 Å². The second kappa shape index (κ2) is 6.98. The molecule has 0 bridgehead atoms. The highest BCUT2D eigenvalue weighted by Gasteiger charge is 2.15. The summed E-state index contributed by atoms with van der Waals surface area (Å²) in [6.07, 6.45) is 0.353. The average molecular weight is 298 g/mol. The fourth-order valence-electron chi connectivity index (χ4n) is 2.16. The van der Waals surface area contributed by atoms with Crippen molar-refractivity contribution in [2.75, 3.05) is 11.1 Å². The molecule has 0 fully saturated rings. The maximum atomic E-state index is 12.2. The van der Waals surface area contributed by atoms with Gasteiger partial charge in [-0.15, -0.1) is 0 Å². The maximum Gasteiger partial charge on any atom is 0.265 e. The van der Waals surface area contributed by atoms with Gasteiger partial charge in [0.1, 0.15) is 5.75 Å². The molecule has 2 rings (SSSR count). The molecule has 22 heavy (non-hydrogen) atoms. The van der Waals surface area contributed by atoms with Crippen molar-refractivity contribution in [1.29, 1.82) is 0 Å². The lowest BCUT2D eigenvalue weighted by molar-refractivity contribution is -0.122. The van der Waals surface area contributed by atoms with Crippen molar-refractivity contribution in [2.24, 2.45) is 0 Å². The summed E-state index contributed by atoms with van der Waals surface area (Å²) in [6, 6.07) is 13.2. The van der Waals surface area contributed by atoms with Gasteiger partial charge >= 0.3 is 0 Å². The quantitative estimate of drug-likeness (QED) is 0.830. The Labute approximate surface area is 131 Å². The van der Waals surface area contributed by atoms with Crippen LogP contribution in [0.5, 0.6) is 5.75 Å². The molecule has 3 N–H and O–H groups in total. The van der Waals surface area contributed by atoms with E-state index in [-0.39, 0.29) is 5.91 Å². The number of ether oxygens (including phenoxy) is 1. The molecule has 4 nitrogen and oxygen atoms in total. The standard InChI is InChI=1S/C18H22N2O2/c1-4-14-6-5-7-16(11-14)22-13(3)18(21)20-17-9-8-15(19)10-12(17)2/h5-11,13H,4,19H2,1-3H3,(H,20,21). The van der Waals surface area contributed by atoms with Crippen LogP contribution < -0.4 is 15.8 Å². The van der Waals surface area contributed by atoms with Gasteiger partial charge in [0.05, 0.1) is 0 Å². The van der Waals surface area contributed by atoms with Crippen LogP contribution in [0.1, 0.15) is 25.0 Å². The third-order valence-electron chi connectivity index (χ3n) is 3.50. The van der Waals surface area contributed by atoms with Gasteiger partial charge in [0, 0.05) is 11.4 Å². The Hall–Kier alpha value is -2.49. The molecule has 1 unspecified atom stereocenters. The molecule has 0 aromatic heterocycles. The number of aryl methyl sites for hydroxylation is 2. The van der Waals surface area contributed by atoms with E-state index in [1.54, 1.807) is 19.1 Å². The lowest BCUT2D eigenvalue weighted by atomic mass is 10.1. The van der Waals surface area contributed by atoms with Crippen molar-refractivity contribution in [3.05, 3.63) is 53.6 Å². The Morgan fingerprint density at radius 1 is 1.27 bits per heavy atom. The fourth-order valence-corrected chi connectivity index (χ4v) is 2.16. The molecule has 2 aromatic carbocycles. The summed E-state index contributed by atoms with van der Waals surface area (Å²) in [6.45, 7) is 5.72. The number of carbonyl (C=O) groups excluding carboxylic acids is 1. The number of benzene rings is 2. The molecule has 1 amide bonds. The largest absolute Gasteiger partial charge is 0.481 e. The Bertz CT molecular complexity index is 668. The number of nitrogen functional groups attached to an aromatic ring is 1. The first kappa shape index (κ1) is 15.9. The minimum Gasteiger partial charge on any atom is -0.481 e. The first-order valence-electron chi connectivity index (χ1n) is 7.42. The van der Waals surface area contributed by atoms with Gasteiger partial charge < -0.3 is 15.8 Å². The fraction of sp³-hybridized carbons (Fsp3) is 0.278. The van der Waals surface area contributed by atoms with E-state index in [2.05, 4.69) is 12.2 Å². The van der Waals surface area contributed by atoms with Crippen LogP contribution in [0.2, 0.25) is 0 Å². The van der Waals surface area contributed by atoms with Crippen molar-refractivity contribution >= 4 is 17.3 Å². The van der Waals surface area contributed by atoms with Crippen molar-refractivity contribution in [1.82, 2.24) is 0 Å². The van der Waals surface area contributed by atoms with Crippen LogP contribution in [0.15, 0.2) is 42.5 Å². The van der Waals surface area contributed by atoms with Gasteiger partial charge in [-0.2, -0.15) is 0 Å². The zero-order chi connectivity index (χ0) is 16.1. The third kappa shape index (κ3) is 4.01. The normalized spacial score (nSPS) is 11.8. The molecule has 0 spiro atoms. The molecular weight excluding hydrogens is 276 g/mol. The SMILES string of the molecule is CCc1cccc(OC(C)C(=O)Nc2ccc(N)cc2C)c1. The molecule has 116 valence electrons. The van der Waals surface area contributed by atoms with Gasteiger partial charge in [0.25, 0.3) is 5.91 Å². The van der Waals surface area contributed by atoms with Crippen molar-refractivity contribution in [3.63, 3.8) is 0 Å². The summed E-state index contributed by atoms with van der Waals surface area (Å²) in [5.74, 6) is 0.519. The maximum absolute atomic E-state index is 12.2. The highest BCUT2D eigenvalue weighted by molar-refractivity contribution is 5.94. The summed E-state index contributed by atoms with van der Waals surface area (Å²) < 4.78 is 5.72. The van der Waals surface area contributed by atoms with Crippen LogP contribution in [0.25, 0.3) is 0 Å². The van der Waals surface area contributed by atoms with Crippen LogP contribution in [0, 0.1) is 6.92 Å². The van der Waals surface area contributed by atoms with E-state index in [1.165, 1.54) is 5.56 Å². The first-order chi connectivity index (χ1) is 10.5. The Kier molecular flexibility index (Phi) is 5.04. The second-order valence-corrected chi connectivity index (χ2v) is 5.32. The number of hydrogen-bond acceptors (Lipinski definition) is 3. The van der Waals surface area contributed by atoms with Gasteiger partial charge in [-0.25, -0.2) is 0 Å². The van der Waals surface area contributed by atoms with Crippen molar-refractivity contribution in [3.8, 4) is 5.75 Å². The van der Waals surface area contributed by atoms with E-state index in [0.29, 0.717) is 11.4 Å². The number of rotatable bonds is 5. The summed E-state index contributed by atoms with van der Waals surface area (Å²) in [4.78, 5) is 12.2. The lowest BCUT2D eigenvalue weighted by Gasteiger charge is -2.16. The number of carbonyl (C=O) groups is 1. The summed E-state index contributed by atoms with van der Waals surface area (Å²) >= 11 is 0. The summed E-state index contributed by atoms with van der Waals surface area (Å²) in [5, 5.41) is 2.87. The molecule has 0 radical (unpaired) electrons. The molecule has 1 atom stereocenters. The van der Waals surface area contributed by atoms with Crippen LogP contribution in [-0.2, 0) is 11.2 Å². The van der Waals surface area contributed by atoms with Crippen molar-refractivity contribution in [2.45, 2.75) is 33.3 Å². The molecule has 0 aliphatic carbocycles. The molecule has 2 aromatic rings. The Morgan fingerprint density at radius 3 is 2.73 bits per heavy atom. The van der Waals surface area contributed by atoms with E-state index >= 15 is 0 Å². The molecule has 4 heteroatoms. The van der Waals surface area contributed by atoms with Gasteiger partial charge in [-0.05, 0) is 61.7 Å². The van der Waals surface area contributed by atoms with Crippen LogP contribution in [0.4, 0.5) is 11.4 Å². The number of nitrogens with one attached hydrogen (secondary N) is 1. The summed E-state index contributed by atoms with van der Waals surface area (Å²) in [5.41, 5.74) is 9.24. The summed E-state index contributed by atoms with van der Waals surface area (Å²) in [7, 11) is 0. The van der Waals surface area contributed by atoms with Crippen molar-refractivity contribution < 1.29 is 9.53 Å². The van der Waals surface area contributed by atoms with Crippen LogP contribution in [-0.4, -0.2) is 12.0 Å². The number of hydrogen-bond donors (Lipinski definition) is 2. The molecule has 0 aliphatic rings. The van der Waals surface area contributed by atoms with Gasteiger partial charge in [-0.1, -0.05) is 19.1 Å². The topological polar surface area (TPSA) is 64.3 Å². The van der Waals surface area contributed by atoms with E-state index < -0.39 is 6.10 Å². The smallest absolute Gasteiger partial charge is 0.265 e. The zero-order valence-corrected chi connectivity index (χ0v) is 13.2. The predicted octanol–water partition coefficient (Wildman–Crippen LogP) is 3.55. The number of nitrogens with two attached hydrogens (primary N) is 1.